The average Bonchev–Trinajstić information content (AvgIpc) is 1.52. The van der Waals surface area contributed by atoms with E-state index in [9.17, 15) is 0 Å². The molecule has 0 N–H and O–H groups in total. The van der Waals surface area contributed by atoms with E-state index in [1.807, 2.05) is 0 Å². The largest absolute Gasteiger partial charge is 0.310 e. The Balaban J connectivity index is 0.487. The van der Waals surface area contributed by atoms with Gasteiger partial charge in [-0.1, -0.05) is 264 Å². The predicted octanol–water partition coefficient (Wildman–Crippen LogP) is 39.0. The van der Waals surface area contributed by atoms with Crippen LogP contribution in [0.2, 0.25) is 0 Å². The summed E-state index contributed by atoms with van der Waals surface area (Å²) >= 11 is 0. The van der Waals surface area contributed by atoms with Gasteiger partial charge in [0.2, 0.25) is 0 Å². The van der Waals surface area contributed by atoms with Gasteiger partial charge in [0.15, 0.2) is 0 Å². The minimum absolute atomic E-state index is 0.423. The van der Waals surface area contributed by atoms with Crippen molar-refractivity contribution in [3.8, 4) is 0 Å². The fraction of sp³-hybridized carbons (Fsp3) is 0.206. The zero-order chi connectivity index (χ0) is 95.0. The number of nitrogens with zero attached hydrogens (tertiary/aromatic N) is 8. The quantitative estimate of drug-likeness (QED) is 0.0909. The van der Waals surface area contributed by atoms with Crippen molar-refractivity contribution in [3.63, 3.8) is 0 Å². The van der Waals surface area contributed by atoms with Crippen molar-refractivity contribution in [3.05, 3.63) is 408 Å². The van der Waals surface area contributed by atoms with E-state index in [1.54, 1.807) is 0 Å². The number of para-hydroxylation sites is 6. The summed E-state index contributed by atoms with van der Waals surface area (Å²) < 4.78 is 10.4. The molecular formula is C136H114N8. The summed E-state index contributed by atoms with van der Waals surface area (Å²) in [5, 5.41) is 20.5. The van der Waals surface area contributed by atoms with Gasteiger partial charge in [-0.2, -0.15) is 0 Å². The zero-order valence-corrected chi connectivity index (χ0v) is 82.5. The first-order valence-corrected chi connectivity index (χ1v) is 53.6. The molecule has 2 atom stereocenters. The number of fused-ring (bicyclic) bond motifs is 24. The fourth-order valence-electron chi connectivity index (χ4n) is 28.4. The fourth-order valence-corrected chi connectivity index (χ4v) is 28.4. The number of aromatic nitrogens is 4. The number of benzene rings is 18. The van der Waals surface area contributed by atoms with Crippen molar-refractivity contribution < 1.29 is 0 Å². The first-order valence-electron chi connectivity index (χ1n) is 53.6. The molecule has 0 radical (unpaired) electrons. The molecule has 0 amide bonds. The standard InChI is InChI=1S/C136H114N8/c1-83-45-46-84(2)123(71-83)139(96-33-16-8-17-34-96)104-65-69-108-112-39-23-43-116-121-82-132-122(81-131(121)143(135(112)116)127(108)77-104)117-44-24-40-113-109-70-66-105(78-128(109)144(132)136(113)117)140(97-35-18-9-19-36-97)124-73-85(3)118(72-86(124)4)95-32-20-31-94(74-95)93-53-61-101(62-54-93)138(100-59-51-92(52-60-100)89-29-14-7-15-30-89)103-64-68-107-111-38-22-42-115-120-79-129-119(80-130(120)142(134(111)115)126(107)76-103)114-41-21-37-110-106-67-63-102(75-125(106)141(129)133(110)114)137(98-55-47-90(48-56-98)87-25-10-5-11-26-87)99-57-49-91(50-58-99)88-27-12-6-13-28-88/h8-9,16-19,21-24,33-73,75-82,87-89,94-95H,5-7,10-15,20,25-32,74H2,1-4H3. The maximum atomic E-state index is 2.63. The second kappa shape index (κ2) is 33.0. The maximum Gasteiger partial charge on any atom is 0.0620 e. The summed E-state index contributed by atoms with van der Waals surface area (Å²) in [6.07, 6.45) is 24.4. The van der Waals surface area contributed by atoms with Crippen LogP contribution in [0.3, 0.4) is 0 Å². The summed E-state index contributed by atoms with van der Waals surface area (Å²) in [6.45, 7) is 9.18. The van der Waals surface area contributed by atoms with Crippen LogP contribution in [-0.4, -0.2) is 17.6 Å². The molecule has 144 heavy (non-hydrogen) atoms. The molecule has 0 aliphatic heterocycles. The summed E-state index contributed by atoms with van der Waals surface area (Å²) in [5.41, 5.74) is 41.5. The minimum Gasteiger partial charge on any atom is -0.310 e. The van der Waals surface area contributed by atoms with Crippen LogP contribution in [0.1, 0.15) is 202 Å². The van der Waals surface area contributed by atoms with Crippen molar-refractivity contribution in [2.24, 2.45) is 0 Å². The van der Waals surface area contributed by atoms with Crippen molar-refractivity contribution in [1.82, 2.24) is 17.6 Å². The van der Waals surface area contributed by atoms with Crippen LogP contribution in [0.5, 0.6) is 0 Å². The third-order valence-corrected chi connectivity index (χ3v) is 35.4. The number of hydrogen-bond acceptors (Lipinski definition) is 4. The van der Waals surface area contributed by atoms with Gasteiger partial charge in [-0.3, -0.25) is 0 Å². The van der Waals surface area contributed by atoms with Gasteiger partial charge in [0.05, 0.1) is 66.2 Å². The second-order valence-corrected chi connectivity index (χ2v) is 43.5. The van der Waals surface area contributed by atoms with Crippen molar-refractivity contribution >= 4 is 221 Å². The molecule has 8 aromatic heterocycles. The monoisotopic (exact) mass is 1860 g/mol. The highest BCUT2D eigenvalue weighted by molar-refractivity contribution is 6.32. The van der Waals surface area contributed by atoms with E-state index in [4.69, 9.17) is 0 Å². The molecule has 698 valence electrons. The van der Waals surface area contributed by atoms with Crippen LogP contribution >= 0.6 is 0 Å². The molecule has 30 rings (SSSR count). The Labute approximate surface area is 839 Å². The van der Waals surface area contributed by atoms with E-state index < -0.39 is 0 Å². The molecule has 0 saturated heterocycles. The van der Waals surface area contributed by atoms with Gasteiger partial charge in [0.25, 0.3) is 0 Å². The third kappa shape index (κ3) is 13.0. The van der Waals surface area contributed by atoms with Crippen molar-refractivity contribution in [2.45, 2.75) is 179 Å². The normalized spacial score (nSPS) is 16.3. The Bertz CT molecular complexity index is 9510. The smallest absolute Gasteiger partial charge is 0.0620 e. The van der Waals surface area contributed by atoms with Crippen LogP contribution in [0, 0.1) is 27.7 Å². The Morgan fingerprint density at radius 2 is 0.458 bits per heavy atom. The number of anilines is 12. The lowest BCUT2D eigenvalue weighted by Gasteiger charge is -2.33. The molecule has 26 aromatic rings. The molecule has 8 heteroatoms. The Hall–Kier alpha value is -15.6. The Morgan fingerprint density at radius 1 is 0.181 bits per heavy atom. The van der Waals surface area contributed by atoms with E-state index in [0.717, 1.165) is 34.9 Å². The highest BCUT2D eigenvalue weighted by Gasteiger charge is 2.34. The first-order chi connectivity index (χ1) is 71.1. The lowest BCUT2D eigenvalue weighted by atomic mass is 9.74. The molecule has 4 aliphatic carbocycles. The minimum atomic E-state index is 0.423. The van der Waals surface area contributed by atoms with E-state index in [2.05, 4.69) is 423 Å². The predicted molar refractivity (Wildman–Crippen MR) is 611 cm³/mol. The number of aryl methyl sites for hydroxylation is 4. The summed E-state index contributed by atoms with van der Waals surface area (Å²) in [4.78, 5) is 10.1. The van der Waals surface area contributed by atoms with E-state index in [0.29, 0.717) is 29.6 Å². The van der Waals surface area contributed by atoms with Gasteiger partial charge in [-0.25, -0.2) is 0 Å². The first kappa shape index (κ1) is 84.1. The molecule has 8 heterocycles. The van der Waals surface area contributed by atoms with Crippen LogP contribution in [0.15, 0.2) is 358 Å². The van der Waals surface area contributed by atoms with Crippen LogP contribution in [-0.2, 0) is 0 Å². The van der Waals surface area contributed by atoms with E-state index in [-0.39, 0.29) is 0 Å². The summed E-state index contributed by atoms with van der Waals surface area (Å²) in [6, 6.07) is 140. The van der Waals surface area contributed by atoms with Crippen LogP contribution < -0.4 is 19.6 Å². The molecule has 2 unspecified atom stereocenters. The molecule has 0 bridgehead atoms. The van der Waals surface area contributed by atoms with E-state index in [1.165, 1.54) is 358 Å². The Kier molecular flexibility index (Phi) is 19.3. The molecule has 0 spiro atoms. The third-order valence-electron chi connectivity index (χ3n) is 35.4. The average molecular weight is 1860 g/mol. The van der Waals surface area contributed by atoms with E-state index >= 15 is 0 Å². The molecule has 8 nitrogen and oxygen atoms in total. The van der Waals surface area contributed by atoms with Gasteiger partial charge < -0.3 is 37.2 Å². The van der Waals surface area contributed by atoms with Crippen LogP contribution in [0.4, 0.5) is 68.2 Å². The second-order valence-electron chi connectivity index (χ2n) is 43.5. The molecule has 18 aromatic carbocycles. The van der Waals surface area contributed by atoms with Crippen LogP contribution in [0.25, 0.3) is 152 Å². The van der Waals surface area contributed by atoms with Crippen molar-refractivity contribution in [2.75, 3.05) is 19.6 Å². The SMILES string of the molecule is Cc1ccc(C)c(N(c2ccccc2)c2ccc3c4cccc5c6cc7c(cc6n(c3c2)c45)c2cccc3c4ccc(N(c5ccccc5)c5cc(C)c(C6CCCC(c8ccc(N(c9ccc(C%10CCCCC%10)cc9)c9ccc%10c%11cccc%12c%13cc%14c(cc%13n(c%10c9)c%11%12)c9cccc%10c%11ccc(N(c%12ccc(C%13CCCCC%13)cc%12)c%12ccc(C%13CCCCC%13)cc%12)cc%11n%14c%109)cc8)C6)cc5C)cc4n7c32)c1. The highest BCUT2D eigenvalue weighted by atomic mass is 15.2. The topological polar surface area (TPSA) is 30.6 Å². The van der Waals surface area contributed by atoms with Gasteiger partial charge in [0.1, 0.15) is 0 Å². The molecular weight excluding hydrogens is 1750 g/mol. The summed E-state index contributed by atoms with van der Waals surface area (Å²) in [5.74, 6) is 2.75. The maximum absolute atomic E-state index is 2.63. The lowest BCUT2D eigenvalue weighted by Crippen LogP contribution is -2.16. The molecule has 4 fully saturated rings. The molecule has 4 saturated carbocycles. The van der Waals surface area contributed by atoms with Gasteiger partial charge in [0, 0.05) is 154 Å². The van der Waals surface area contributed by atoms with Gasteiger partial charge in [-0.05, 0) is 323 Å². The van der Waals surface area contributed by atoms with Crippen molar-refractivity contribution in [1.29, 1.82) is 0 Å². The number of hydrogen-bond donors (Lipinski definition) is 0. The molecule has 4 aliphatic rings. The highest BCUT2D eigenvalue weighted by Crippen LogP contribution is 2.55. The van der Waals surface area contributed by atoms with Gasteiger partial charge >= 0.3 is 0 Å². The Morgan fingerprint density at radius 3 is 0.799 bits per heavy atom. The number of rotatable bonds is 17. The summed E-state index contributed by atoms with van der Waals surface area (Å²) in [7, 11) is 0. The lowest BCUT2D eigenvalue weighted by molar-refractivity contribution is 0.393. The van der Waals surface area contributed by atoms with Gasteiger partial charge in [-0.15, -0.1) is 0 Å². The zero-order valence-electron chi connectivity index (χ0n) is 82.5.